The summed E-state index contributed by atoms with van der Waals surface area (Å²) in [6, 6.07) is 5.15. The Hall–Kier alpha value is -1.26. The van der Waals surface area contributed by atoms with Gasteiger partial charge in [0.15, 0.2) is 0 Å². The van der Waals surface area contributed by atoms with Crippen LogP contribution in [-0.2, 0) is 4.79 Å². The van der Waals surface area contributed by atoms with Gasteiger partial charge >= 0.3 is 0 Å². The number of amides is 1. The van der Waals surface area contributed by atoms with Gasteiger partial charge in [-0.15, -0.1) is 12.4 Å². The molecule has 100 valence electrons. The van der Waals surface area contributed by atoms with Crippen LogP contribution in [0.4, 0.5) is 5.69 Å². The predicted molar refractivity (Wildman–Crippen MR) is 74.3 cm³/mol. The fourth-order valence-corrected chi connectivity index (χ4v) is 1.66. The molecule has 1 amide bonds. The smallest absolute Gasteiger partial charge is 0.238 e. The first kappa shape index (κ1) is 14.8. The van der Waals surface area contributed by atoms with E-state index < -0.39 is 0 Å². The molecule has 18 heavy (non-hydrogen) atoms. The van der Waals surface area contributed by atoms with Gasteiger partial charge in [0, 0.05) is 0 Å². The molecule has 1 aliphatic rings. The number of halogens is 1. The summed E-state index contributed by atoms with van der Waals surface area (Å²) in [5.41, 5.74) is 1.48. The molecule has 2 rings (SSSR count). The molecule has 0 saturated heterocycles. The molecule has 0 spiro atoms. The molecule has 1 aliphatic carbocycles. The van der Waals surface area contributed by atoms with Gasteiger partial charge in [-0.1, -0.05) is 6.07 Å². The van der Waals surface area contributed by atoms with Gasteiger partial charge in [0.2, 0.25) is 5.91 Å². The number of benzene rings is 1. The zero-order valence-electron chi connectivity index (χ0n) is 10.4. The summed E-state index contributed by atoms with van der Waals surface area (Å²) in [6.07, 6.45) is 2.54. The number of phenols is 1. The lowest BCUT2D eigenvalue weighted by atomic mass is 10.2. The van der Waals surface area contributed by atoms with Crippen LogP contribution in [0.1, 0.15) is 18.4 Å². The van der Waals surface area contributed by atoms with Crippen LogP contribution in [0.15, 0.2) is 18.2 Å². The Balaban J connectivity index is 0.00000162. The largest absolute Gasteiger partial charge is 0.506 e. The molecule has 0 bridgehead atoms. The van der Waals surface area contributed by atoms with Crippen LogP contribution in [-0.4, -0.2) is 24.1 Å². The SMILES string of the molecule is Cc1ccc(O)c(NC(=O)CNCC2CC2)c1.Cl. The highest BCUT2D eigenvalue weighted by Crippen LogP contribution is 2.27. The van der Waals surface area contributed by atoms with Gasteiger partial charge in [0.1, 0.15) is 5.75 Å². The fourth-order valence-electron chi connectivity index (χ4n) is 1.66. The van der Waals surface area contributed by atoms with Crippen LogP contribution in [0.25, 0.3) is 0 Å². The van der Waals surface area contributed by atoms with Gasteiger partial charge in [-0.3, -0.25) is 4.79 Å². The number of aromatic hydroxyl groups is 1. The molecule has 0 atom stereocenters. The molecule has 0 radical (unpaired) electrons. The quantitative estimate of drug-likeness (QED) is 0.718. The summed E-state index contributed by atoms with van der Waals surface area (Å²) in [5, 5.41) is 15.4. The molecule has 0 unspecified atom stereocenters. The van der Waals surface area contributed by atoms with Crippen LogP contribution in [0.3, 0.4) is 0 Å². The lowest BCUT2D eigenvalue weighted by Gasteiger charge is -2.08. The van der Waals surface area contributed by atoms with Gasteiger partial charge in [-0.25, -0.2) is 0 Å². The summed E-state index contributed by atoms with van der Waals surface area (Å²) in [7, 11) is 0. The number of hydrogen-bond donors (Lipinski definition) is 3. The Labute approximate surface area is 113 Å². The minimum atomic E-state index is -0.119. The highest BCUT2D eigenvalue weighted by Gasteiger charge is 2.20. The van der Waals surface area contributed by atoms with E-state index in [0.29, 0.717) is 12.2 Å². The Morgan fingerprint density at radius 2 is 2.17 bits per heavy atom. The first-order valence-electron chi connectivity index (χ1n) is 5.95. The second-order valence-corrected chi connectivity index (χ2v) is 4.64. The van der Waals surface area contributed by atoms with Crippen molar-refractivity contribution in [1.29, 1.82) is 0 Å². The van der Waals surface area contributed by atoms with Crippen molar-refractivity contribution in [3.05, 3.63) is 23.8 Å². The van der Waals surface area contributed by atoms with E-state index in [-0.39, 0.29) is 24.1 Å². The first-order valence-corrected chi connectivity index (χ1v) is 5.95. The number of carbonyl (C=O) groups is 1. The van der Waals surface area contributed by atoms with Crippen molar-refractivity contribution >= 4 is 24.0 Å². The van der Waals surface area contributed by atoms with Crippen LogP contribution < -0.4 is 10.6 Å². The minimum Gasteiger partial charge on any atom is -0.506 e. The average molecular weight is 271 g/mol. The molecule has 0 heterocycles. The standard InChI is InChI=1S/C13H18N2O2.ClH/c1-9-2-5-12(16)11(6-9)15-13(17)8-14-7-10-3-4-10;/h2,5-6,10,14,16H,3-4,7-8H2,1H3,(H,15,17);1H. The Bertz CT molecular complexity index is 419. The first-order chi connectivity index (χ1) is 8.15. The van der Waals surface area contributed by atoms with E-state index in [1.165, 1.54) is 12.8 Å². The predicted octanol–water partition coefficient (Wildman–Crippen LogP) is 2.06. The van der Waals surface area contributed by atoms with Crippen LogP contribution in [0.2, 0.25) is 0 Å². The molecule has 3 N–H and O–H groups in total. The van der Waals surface area contributed by atoms with Crippen molar-refractivity contribution in [1.82, 2.24) is 5.32 Å². The molecule has 1 saturated carbocycles. The van der Waals surface area contributed by atoms with Gasteiger partial charge in [-0.05, 0) is 49.9 Å². The van der Waals surface area contributed by atoms with Crippen LogP contribution in [0, 0.1) is 12.8 Å². The number of rotatable bonds is 5. The van der Waals surface area contributed by atoms with E-state index in [2.05, 4.69) is 10.6 Å². The van der Waals surface area contributed by atoms with E-state index in [4.69, 9.17) is 0 Å². The van der Waals surface area contributed by atoms with Gasteiger partial charge in [0.25, 0.3) is 0 Å². The fraction of sp³-hybridized carbons (Fsp3) is 0.462. The van der Waals surface area contributed by atoms with Crippen molar-refractivity contribution < 1.29 is 9.90 Å². The van der Waals surface area contributed by atoms with Gasteiger partial charge in [0.05, 0.1) is 12.2 Å². The molecule has 4 nitrogen and oxygen atoms in total. The van der Waals surface area contributed by atoms with E-state index in [9.17, 15) is 9.90 Å². The maximum atomic E-state index is 11.6. The number of nitrogens with one attached hydrogen (secondary N) is 2. The van der Waals surface area contributed by atoms with Crippen molar-refractivity contribution in [2.45, 2.75) is 19.8 Å². The summed E-state index contributed by atoms with van der Waals surface area (Å²) in [5.74, 6) is 0.743. The molecule has 0 aliphatic heterocycles. The molecular weight excluding hydrogens is 252 g/mol. The summed E-state index contributed by atoms with van der Waals surface area (Å²) >= 11 is 0. The third-order valence-electron chi connectivity index (χ3n) is 2.84. The third-order valence-corrected chi connectivity index (χ3v) is 2.84. The van der Waals surface area contributed by atoms with Crippen molar-refractivity contribution in [3.8, 4) is 5.75 Å². The zero-order valence-corrected chi connectivity index (χ0v) is 11.2. The number of aryl methyl sites for hydroxylation is 1. The average Bonchev–Trinajstić information content (AvgIpc) is 3.07. The Morgan fingerprint density at radius 1 is 1.44 bits per heavy atom. The summed E-state index contributed by atoms with van der Waals surface area (Å²) in [6.45, 7) is 3.12. The molecule has 5 heteroatoms. The van der Waals surface area contributed by atoms with E-state index in [1.54, 1.807) is 18.2 Å². The van der Waals surface area contributed by atoms with E-state index in [1.807, 2.05) is 6.92 Å². The monoisotopic (exact) mass is 270 g/mol. The second kappa shape index (κ2) is 6.61. The molecular formula is C13H19ClN2O2. The Kier molecular flexibility index (Phi) is 5.44. The van der Waals surface area contributed by atoms with Crippen molar-refractivity contribution in [2.24, 2.45) is 5.92 Å². The van der Waals surface area contributed by atoms with Gasteiger partial charge in [-0.2, -0.15) is 0 Å². The van der Waals surface area contributed by atoms with E-state index in [0.717, 1.165) is 18.0 Å². The van der Waals surface area contributed by atoms with Crippen molar-refractivity contribution in [2.75, 3.05) is 18.4 Å². The Morgan fingerprint density at radius 3 is 2.83 bits per heavy atom. The highest BCUT2D eigenvalue weighted by atomic mass is 35.5. The molecule has 0 aromatic heterocycles. The number of phenolic OH excluding ortho intramolecular Hbond substituents is 1. The van der Waals surface area contributed by atoms with E-state index >= 15 is 0 Å². The number of carbonyl (C=O) groups excluding carboxylic acids is 1. The molecule has 1 aromatic carbocycles. The van der Waals surface area contributed by atoms with Gasteiger partial charge < -0.3 is 15.7 Å². The van der Waals surface area contributed by atoms with Crippen LogP contribution >= 0.6 is 12.4 Å². The summed E-state index contributed by atoms with van der Waals surface area (Å²) in [4.78, 5) is 11.6. The molecule has 1 aromatic rings. The molecule has 1 fully saturated rings. The summed E-state index contributed by atoms with van der Waals surface area (Å²) < 4.78 is 0. The maximum Gasteiger partial charge on any atom is 0.238 e. The maximum absolute atomic E-state index is 11.6. The highest BCUT2D eigenvalue weighted by molar-refractivity contribution is 5.93. The number of anilines is 1. The number of hydrogen-bond acceptors (Lipinski definition) is 3. The second-order valence-electron chi connectivity index (χ2n) is 4.64. The topological polar surface area (TPSA) is 61.4 Å². The minimum absolute atomic E-state index is 0. The third kappa shape index (κ3) is 4.55. The van der Waals surface area contributed by atoms with Crippen molar-refractivity contribution in [3.63, 3.8) is 0 Å². The lowest BCUT2D eigenvalue weighted by molar-refractivity contribution is -0.115. The van der Waals surface area contributed by atoms with Crippen LogP contribution in [0.5, 0.6) is 5.75 Å². The lowest BCUT2D eigenvalue weighted by Crippen LogP contribution is -2.29. The normalized spacial score (nSPS) is 13.8. The zero-order chi connectivity index (χ0) is 12.3.